The van der Waals surface area contributed by atoms with Crippen LogP contribution < -0.4 is 0 Å². The second-order valence-corrected chi connectivity index (χ2v) is 15.0. The topological polar surface area (TPSA) is 107 Å². The highest BCUT2D eigenvalue weighted by molar-refractivity contribution is 7.86. The number of hydrogen-bond acceptors (Lipinski definition) is 6. The standard InChI is InChI=1S/C42H70O7S/c1-3-5-7-9-11-13-15-17-19-21-23-25-27-29-31-36-48-41(43)38-34-33-35-39(50(45,46)47)40(38)42(44)49-37-32-30-28-26-24-22-20-18-16-14-12-10-8-6-4-2/h13-16,33-35H,3-12,17-32,36-37H2,1-2H3,(H,45,46,47)/b15-13+,16-14+. The lowest BCUT2D eigenvalue weighted by atomic mass is 10.1. The third kappa shape index (κ3) is 23.9. The zero-order chi connectivity index (χ0) is 36.5. The maximum absolute atomic E-state index is 13.0. The van der Waals surface area contributed by atoms with Gasteiger partial charge in [-0.25, -0.2) is 9.59 Å². The lowest BCUT2D eigenvalue weighted by Gasteiger charge is -2.13. The van der Waals surface area contributed by atoms with Crippen LogP contribution >= 0.6 is 0 Å². The maximum atomic E-state index is 13.0. The molecule has 0 atom stereocenters. The average molecular weight is 719 g/mol. The van der Waals surface area contributed by atoms with Gasteiger partial charge in [-0.2, -0.15) is 8.42 Å². The smallest absolute Gasteiger partial charge is 0.340 e. The van der Waals surface area contributed by atoms with Gasteiger partial charge in [0, 0.05) is 0 Å². The van der Waals surface area contributed by atoms with Crippen LogP contribution in [-0.2, 0) is 19.6 Å². The fourth-order valence-corrected chi connectivity index (χ4v) is 6.65. The number of carbonyl (C=O) groups excluding carboxylic acids is 2. The number of ether oxygens (including phenoxy) is 2. The molecule has 0 fully saturated rings. The van der Waals surface area contributed by atoms with E-state index in [0.29, 0.717) is 12.8 Å². The van der Waals surface area contributed by atoms with E-state index in [9.17, 15) is 22.6 Å². The zero-order valence-corrected chi connectivity index (χ0v) is 32.5. The predicted molar refractivity (Wildman–Crippen MR) is 206 cm³/mol. The van der Waals surface area contributed by atoms with Crippen LogP contribution in [0.2, 0.25) is 0 Å². The molecule has 0 aliphatic rings. The highest BCUT2D eigenvalue weighted by Gasteiger charge is 2.28. The largest absolute Gasteiger partial charge is 0.462 e. The highest BCUT2D eigenvalue weighted by atomic mass is 32.2. The number of carbonyl (C=O) groups is 2. The summed E-state index contributed by atoms with van der Waals surface area (Å²) in [6.07, 6.45) is 39.1. The van der Waals surface area contributed by atoms with E-state index in [4.69, 9.17) is 9.47 Å². The van der Waals surface area contributed by atoms with Gasteiger partial charge < -0.3 is 9.47 Å². The number of unbranched alkanes of at least 4 members (excludes halogenated alkanes) is 22. The third-order valence-electron chi connectivity index (χ3n) is 9.01. The van der Waals surface area contributed by atoms with Gasteiger partial charge in [0.2, 0.25) is 0 Å². The Morgan fingerprint density at radius 1 is 0.540 bits per heavy atom. The highest BCUT2D eigenvalue weighted by Crippen LogP contribution is 2.23. The fraction of sp³-hybridized carbons (Fsp3) is 0.714. The Labute approximate surface area is 305 Å². The first-order valence-corrected chi connectivity index (χ1v) is 21.5. The second kappa shape index (κ2) is 31.3. The van der Waals surface area contributed by atoms with E-state index in [0.717, 1.165) is 57.4 Å². The van der Waals surface area contributed by atoms with Gasteiger partial charge in [0.05, 0.1) is 24.3 Å². The van der Waals surface area contributed by atoms with E-state index in [1.54, 1.807) is 0 Å². The van der Waals surface area contributed by atoms with Gasteiger partial charge in [0.25, 0.3) is 10.1 Å². The van der Waals surface area contributed by atoms with Gasteiger partial charge in [-0.05, 0) is 76.3 Å². The zero-order valence-electron chi connectivity index (χ0n) is 31.6. The van der Waals surface area contributed by atoms with Crippen LogP contribution in [0.1, 0.15) is 202 Å². The van der Waals surface area contributed by atoms with Gasteiger partial charge in [0.1, 0.15) is 4.90 Å². The van der Waals surface area contributed by atoms with Crippen LogP contribution in [0.3, 0.4) is 0 Å². The van der Waals surface area contributed by atoms with Crippen molar-refractivity contribution in [3.8, 4) is 0 Å². The van der Waals surface area contributed by atoms with Crippen molar-refractivity contribution in [3.05, 3.63) is 53.6 Å². The van der Waals surface area contributed by atoms with Crippen molar-refractivity contribution in [2.75, 3.05) is 13.2 Å². The number of esters is 2. The number of hydrogen-bond donors (Lipinski definition) is 1. The van der Waals surface area contributed by atoms with Gasteiger partial charge in [-0.3, -0.25) is 4.55 Å². The summed E-state index contributed by atoms with van der Waals surface area (Å²) in [5.41, 5.74) is -0.687. The van der Waals surface area contributed by atoms with Gasteiger partial charge in [-0.15, -0.1) is 0 Å². The van der Waals surface area contributed by atoms with E-state index in [-0.39, 0.29) is 18.8 Å². The van der Waals surface area contributed by atoms with Crippen molar-refractivity contribution in [1.82, 2.24) is 0 Å². The lowest BCUT2D eigenvalue weighted by Crippen LogP contribution is -2.19. The lowest BCUT2D eigenvalue weighted by molar-refractivity contribution is 0.0446. The van der Waals surface area contributed by atoms with E-state index < -0.39 is 32.5 Å². The van der Waals surface area contributed by atoms with Crippen LogP contribution in [0.25, 0.3) is 0 Å². The summed E-state index contributed by atoms with van der Waals surface area (Å²) < 4.78 is 44.7. The number of rotatable bonds is 33. The van der Waals surface area contributed by atoms with Crippen molar-refractivity contribution in [2.45, 2.75) is 186 Å². The number of allylic oxidation sites excluding steroid dienone is 4. The van der Waals surface area contributed by atoms with Crippen molar-refractivity contribution < 1.29 is 32.0 Å². The Morgan fingerprint density at radius 2 is 0.900 bits per heavy atom. The van der Waals surface area contributed by atoms with Crippen molar-refractivity contribution in [1.29, 1.82) is 0 Å². The Balaban J connectivity index is 2.30. The molecule has 1 aromatic carbocycles. The van der Waals surface area contributed by atoms with Crippen LogP contribution in [0.5, 0.6) is 0 Å². The van der Waals surface area contributed by atoms with E-state index >= 15 is 0 Å². The van der Waals surface area contributed by atoms with Gasteiger partial charge in [0.15, 0.2) is 0 Å². The first-order valence-electron chi connectivity index (χ1n) is 20.1. The van der Waals surface area contributed by atoms with Crippen LogP contribution in [0.15, 0.2) is 47.4 Å². The minimum Gasteiger partial charge on any atom is -0.462 e. The molecule has 1 aromatic rings. The summed E-state index contributed by atoms with van der Waals surface area (Å²) >= 11 is 0. The Kier molecular flexibility index (Phi) is 28.5. The summed E-state index contributed by atoms with van der Waals surface area (Å²) in [5, 5.41) is 0. The molecule has 50 heavy (non-hydrogen) atoms. The molecule has 0 aromatic heterocycles. The number of benzene rings is 1. The summed E-state index contributed by atoms with van der Waals surface area (Å²) in [7, 11) is -4.76. The minimum atomic E-state index is -4.76. The molecule has 1 rings (SSSR count). The van der Waals surface area contributed by atoms with Crippen LogP contribution in [0.4, 0.5) is 0 Å². The molecule has 0 heterocycles. The van der Waals surface area contributed by atoms with Crippen LogP contribution in [-0.4, -0.2) is 38.1 Å². The average Bonchev–Trinajstić information content (AvgIpc) is 3.10. The molecule has 0 unspecified atom stereocenters. The molecule has 0 amide bonds. The first kappa shape index (κ1) is 45.6. The van der Waals surface area contributed by atoms with E-state index in [1.165, 1.54) is 115 Å². The van der Waals surface area contributed by atoms with Gasteiger partial charge in [-0.1, -0.05) is 147 Å². The van der Waals surface area contributed by atoms with E-state index in [1.807, 2.05) is 0 Å². The summed E-state index contributed by atoms with van der Waals surface area (Å²) in [6, 6.07) is 3.74. The van der Waals surface area contributed by atoms with Crippen LogP contribution in [0, 0.1) is 0 Å². The SMILES string of the molecule is CCCCCC/C=C/CCCCCCCCCOC(=O)c1cccc(S(=O)(=O)O)c1C(=O)OCCCCCCCCC/C=C/CCCCCC. The van der Waals surface area contributed by atoms with Crippen molar-refractivity contribution >= 4 is 22.1 Å². The molecular formula is C42H70O7S. The summed E-state index contributed by atoms with van der Waals surface area (Å²) in [4.78, 5) is 25.3. The molecular weight excluding hydrogens is 649 g/mol. The first-order chi connectivity index (χ1) is 24.3. The Bertz CT molecular complexity index is 1170. The molecule has 286 valence electrons. The second-order valence-electron chi connectivity index (χ2n) is 13.6. The molecule has 0 aliphatic heterocycles. The Morgan fingerprint density at radius 3 is 1.30 bits per heavy atom. The van der Waals surface area contributed by atoms with Gasteiger partial charge >= 0.3 is 11.9 Å². The molecule has 8 heteroatoms. The molecule has 0 radical (unpaired) electrons. The predicted octanol–water partition coefficient (Wildman–Crippen LogP) is 12.5. The molecule has 0 bridgehead atoms. The summed E-state index contributed by atoms with van der Waals surface area (Å²) in [6.45, 7) is 4.74. The molecule has 0 aliphatic carbocycles. The maximum Gasteiger partial charge on any atom is 0.340 e. The monoisotopic (exact) mass is 718 g/mol. The van der Waals surface area contributed by atoms with Crippen molar-refractivity contribution in [3.63, 3.8) is 0 Å². The third-order valence-corrected chi connectivity index (χ3v) is 9.90. The normalized spacial score (nSPS) is 11.9. The summed E-state index contributed by atoms with van der Waals surface area (Å²) in [5.74, 6) is -1.76. The van der Waals surface area contributed by atoms with Crippen molar-refractivity contribution in [2.24, 2.45) is 0 Å². The molecule has 0 saturated heterocycles. The minimum absolute atomic E-state index is 0.103. The quantitative estimate of drug-likeness (QED) is 0.0333. The fourth-order valence-electron chi connectivity index (χ4n) is 5.95. The van der Waals surface area contributed by atoms with E-state index in [2.05, 4.69) is 38.2 Å². The molecule has 0 spiro atoms. The molecule has 0 saturated carbocycles. The Hall–Kier alpha value is -2.45. The molecule has 1 N–H and O–H groups in total. The molecule has 7 nitrogen and oxygen atoms in total.